The molecule has 1 aromatic rings. The highest BCUT2D eigenvalue weighted by atomic mass is 16.5. The first-order chi connectivity index (χ1) is 8.26. The lowest BCUT2D eigenvalue weighted by Gasteiger charge is -2.04. The van der Waals surface area contributed by atoms with Gasteiger partial charge in [0.1, 0.15) is 5.75 Å². The molecular formula is C15H22O2. The quantitative estimate of drug-likeness (QED) is 0.730. The Morgan fingerprint density at radius 1 is 1.24 bits per heavy atom. The number of benzene rings is 1. The summed E-state index contributed by atoms with van der Waals surface area (Å²) in [6.07, 6.45) is 7.80. The molecule has 0 saturated carbocycles. The average Bonchev–Trinajstić information content (AvgIpc) is 2.37. The maximum atomic E-state index is 9.73. The van der Waals surface area contributed by atoms with Crippen LogP contribution in [0.4, 0.5) is 0 Å². The van der Waals surface area contributed by atoms with Crippen molar-refractivity contribution in [2.45, 2.75) is 38.7 Å². The highest BCUT2D eigenvalue weighted by Gasteiger charge is 1.98. The first-order valence-electron chi connectivity index (χ1n) is 6.26. The van der Waals surface area contributed by atoms with Crippen LogP contribution in [0.3, 0.4) is 0 Å². The third-order valence-corrected chi connectivity index (χ3v) is 2.73. The molecule has 0 bridgehead atoms. The van der Waals surface area contributed by atoms with Crippen molar-refractivity contribution in [3.05, 3.63) is 35.9 Å². The van der Waals surface area contributed by atoms with E-state index in [1.165, 1.54) is 12.8 Å². The van der Waals surface area contributed by atoms with Gasteiger partial charge in [0.25, 0.3) is 0 Å². The fourth-order valence-electron chi connectivity index (χ4n) is 1.64. The molecule has 1 rings (SSSR count). The molecule has 1 unspecified atom stereocenters. The van der Waals surface area contributed by atoms with Gasteiger partial charge in [0.2, 0.25) is 0 Å². The Morgan fingerprint density at radius 3 is 2.53 bits per heavy atom. The predicted octanol–water partition coefficient (Wildman–Crippen LogP) is 3.65. The molecule has 0 fully saturated rings. The van der Waals surface area contributed by atoms with E-state index >= 15 is 0 Å². The molecular weight excluding hydrogens is 212 g/mol. The van der Waals surface area contributed by atoms with Crippen LogP contribution in [-0.2, 0) is 0 Å². The molecule has 0 spiro atoms. The highest BCUT2D eigenvalue weighted by Crippen LogP contribution is 2.13. The van der Waals surface area contributed by atoms with Crippen molar-refractivity contribution in [1.82, 2.24) is 0 Å². The molecule has 0 aliphatic heterocycles. The largest absolute Gasteiger partial charge is 0.497 e. The van der Waals surface area contributed by atoms with Crippen LogP contribution >= 0.6 is 0 Å². The molecule has 2 heteroatoms. The second-order valence-electron chi connectivity index (χ2n) is 4.20. The summed E-state index contributed by atoms with van der Waals surface area (Å²) in [6, 6.07) is 7.80. The monoisotopic (exact) mass is 234 g/mol. The van der Waals surface area contributed by atoms with Crippen LogP contribution in [0.5, 0.6) is 5.75 Å². The van der Waals surface area contributed by atoms with Crippen LogP contribution in [0.15, 0.2) is 30.3 Å². The van der Waals surface area contributed by atoms with Gasteiger partial charge in [-0.1, -0.05) is 50.5 Å². The van der Waals surface area contributed by atoms with Crippen molar-refractivity contribution in [1.29, 1.82) is 0 Å². The highest BCUT2D eigenvalue weighted by molar-refractivity contribution is 5.50. The van der Waals surface area contributed by atoms with E-state index in [2.05, 4.69) is 6.92 Å². The first-order valence-corrected chi connectivity index (χ1v) is 6.26. The first kappa shape index (κ1) is 13.8. The summed E-state index contributed by atoms with van der Waals surface area (Å²) in [5.41, 5.74) is 1.08. The summed E-state index contributed by atoms with van der Waals surface area (Å²) in [7, 11) is 1.66. The van der Waals surface area contributed by atoms with E-state index in [-0.39, 0.29) is 6.10 Å². The van der Waals surface area contributed by atoms with E-state index in [1.807, 2.05) is 36.4 Å². The molecule has 1 N–H and O–H groups in total. The molecule has 0 saturated heterocycles. The summed E-state index contributed by atoms with van der Waals surface area (Å²) >= 11 is 0. The SMILES string of the molecule is CCCCCC(O)C=Cc1ccc(OC)cc1. The molecule has 0 heterocycles. The molecule has 1 atom stereocenters. The van der Waals surface area contributed by atoms with Crippen LogP contribution in [0.2, 0.25) is 0 Å². The van der Waals surface area contributed by atoms with E-state index in [0.717, 1.165) is 24.2 Å². The number of unbranched alkanes of at least 4 members (excludes halogenated alkanes) is 2. The Hall–Kier alpha value is -1.28. The number of hydrogen-bond acceptors (Lipinski definition) is 2. The van der Waals surface area contributed by atoms with E-state index < -0.39 is 0 Å². The minimum atomic E-state index is -0.330. The fraction of sp³-hybridized carbons (Fsp3) is 0.467. The van der Waals surface area contributed by atoms with Gasteiger partial charge in [-0.2, -0.15) is 0 Å². The zero-order valence-corrected chi connectivity index (χ0v) is 10.7. The summed E-state index contributed by atoms with van der Waals surface area (Å²) < 4.78 is 5.09. The normalized spacial score (nSPS) is 12.9. The van der Waals surface area contributed by atoms with Gasteiger partial charge in [-0.05, 0) is 24.1 Å². The van der Waals surface area contributed by atoms with Crippen molar-refractivity contribution in [3.63, 3.8) is 0 Å². The van der Waals surface area contributed by atoms with Crippen LogP contribution in [0.1, 0.15) is 38.2 Å². The lowest BCUT2D eigenvalue weighted by molar-refractivity contribution is 0.209. The van der Waals surface area contributed by atoms with Crippen LogP contribution < -0.4 is 4.74 Å². The van der Waals surface area contributed by atoms with Crippen LogP contribution in [0.25, 0.3) is 6.08 Å². The third-order valence-electron chi connectivity index (χ3n) is 2.73. The van der Waals surface area contributed by atoms with Gasteiger partial charge < -0.3 is 9.84 Å². The summed E-state index contributed by atoms with van der Waals surface area (Å²) in [5.74, 6) is 0.852. The van der Waals surface area contributed by atoms with E-state index in [9.17, 15) is 5.11 Å². The minimum Gasteiger partial charge on any atom is -0.497 e. The third kappa shape index (κ3) is 5.55. The van der Waals surface area contributed by atoms with Gasteiger partial charge in [0, 0.05) is 0 Å². The Bertz CT molecular complexity index is 327. The van der Waals surface area contributed by atoms with Crippen molar-refractivity contribution in [2.24, 2.45) is 0 Å². The number of aliphatic hydroxyl groups is 1. The Morgan fingerprint density at radius 2 is 1.94 bits per heavy atom. The van der Waals surface area contributed by atoms with Crippen molar-refractivity contribution in [3.8, 4) is 5.75 Å². The number of hydrogen-bond donors (Lipinski definition) is 1. The van der Waals surface area contributed by atoms with Gasteiger partial charge in [0.15, 0.2) is 0 Å². The van der Waals surface area contributed by atoms with Gasteiger partial charge in [-0.25, -0.2) is 0 Å². The van der Waals surface area contributed by atoms with E-state index in [4.69, 9.17) is 4.74 Å². The molecule has 17 heavy (non-hydrogen) atoms. The smallest absolute Gasteiger partial charge is 0.118 e. The van der Waals surface area contributed by atoms with Gasteiger partial charge in [0.05, 0.1) is 13.2 Å². The fourth-order valence-corrected chi connectivity index (χ4v) is 1.64. The standard InChI is InChI=1S/C15H22O2/c1-3-4-5-6-14(16)10-7-13-8-11-15(17-2)12-9-13/h7-12,14,16H,3-6H2,1-2H3. The van der Waals surface area contributed by atoms with Gasteiger partial charge in [-0.15, -0.1) is 0 Å². The van der Waals surface area contributed by atoms with Crippen molar-refractivity contribution < 1.29 is 9.84 Å². The number of methoxy groups -OCH3 is 1. The van der Waals surface area contributed by atoms with Gasteiger partial charge >= 0.3 is 0 Å². The molecule has 0 amide bonds. The van der Waals surface area contributed by atoms with E-state index in [1.54, 1.807) is 7.11 Å². The molecule has 1 aromatic carbocycles. The summed E-state index contributed by atoms with van der Waals surface area (Å²) in [6.45, 7) is 2.17. The van der Waals surface area contributed by atoms with Crippen molar-refractivity contribution >= 4 is 6.08 Å². The number of ether oxygens (including phenoxy) is 1. The molecule has 0 radical (unpaired) electrons. The van der Waals surface area contributed by atoms with Crippen LogP contribution in [0, 0.1) is 0 Å². The topological polar surface area (TPSA) is 29.5 Å². The average molecular weight is 234 g/mol. The Balaban J connectivity index is 2.40. The zero-order valence-electron chi connectivity index (χ0n) is 10.7. The molecule has 0 aliphatic carbocycles. The van der Waals surface area contributed by atoms with Gasteiger partial charge in [-0.3, -0.25) is 0 Å². The van der Waals surface area contributed by atoms with Crippen molar-refractivity contribution in [2.75, 3.05) is 7.11 Å². The lowest BCUT2D eigenvalue weighted by Crippen LogP contribution is -2.00. The number of aliphatic hydroxyl groups excluding tert-OH is 1. The molecule has 94 valence electrons. The molecule has 2 nitrogen and oxygen atoms in total. The summed E-state index contributed by atoms with van der Waals surface area (Å²) in [5, 5.41) is 9.73. The Kier molecular flexibility index (Phi) is 6.41. The molecule has 0 aliphatic rings. The zero-order chi connectivity index (χ0) is 12.5. The lowest BCUT2D eigenvalue weighted by atomic mass is 10.1. The molecule has 0 aromatic heterocycles. The minimum absolute atomic E-state index is 0.330. The summed E-state index contributed by atoms with van der Waals surface area (Å²) in [4.78, 5) is 0. The predicted molar refractivity (Wildman–Crippen MR) is 72.2 cm³/mol. The van der Waals surface area contributed by atoms with E-state index in [0.29, 0.717) is 0 Å². The maximum absolute atomic E-state index is 9.73. The number of rotatable bonds is 7. The second-order valence-corrected chi connectivity index (χ2v) is 4.20. The second kappa shape index (κ2) is 7.91. The van der Waals surface area contributed by atoms with Crippen LogP contribution in [-0.4, -0.2) is 18.3 Å². The maximum Gasteiger partial charge on any atom is 0.118 e. The Labute approximate surface area is 104 Å².